The number of furan rings is 1. The molecule has 3 N–H and O–H groups in total. The van der Waals surface area contributed by atoms with Crippen LogP contribution in [0.25, 0.3) is 0 Å². The van der Waals surface area contributed by atoms with Crippen LogP contribution in [0.2, 0.25) is 0 Å². The number of aryl methyl sites for hydroxylation is 2. The second-order valence-corrected chi connectivity index (χ2v) is 5.01. The Bertz CT molecular complexity index is 417. The minimum Gasteiger partial charge on any atom is -0.456 e. The summed E-state index contributed by atoms with van der Waals surface area (Å²) in [5, 5.41) is 3.05. The maximum atomic E-state index is 12.1. The van der Waals surface area contributed by atoms with Crippen LogP contribution in [-0.4, -0.2) is 18.0 Å². The van der Waals surface area contributed by atoms with Gasteiger partial charge in [0.1, 0.15) is 5.76 Å². The standard InChI is InChI=1S/C13H20N2O2/c1-9-7-10(2)17-11(9)12(16)15-13(8-14)5-3-4-6-13/h7H,3-6,8,14H2,1-2H3,(H,15,16). The van der Waals surface area contributed by atoms with Crippen molar-refractivity contribution in [2.75, 3.05) is 6.54 Å². The lowest BCUT2D eigenvalue weighted by atomic mass is 9.97. The summed E-state index contributed by atoms with van der Waals surface area (Å²) in [6, 6.07) is 1.87. The highest BCUT2D eigenvalue weighted by atomic mass is 16.3. The fourth-order valence-electron chi connectivity index (χ4n) is 2.60. The normalized spacial score (nSPS) is 18.3. The molecule has 1 fully saturated rings. The topological polar surface area (TPSA) is 68.3 Å². The Morgan fingerprint density at radius 1 is 1.47 bits per heavy atom. The number of nitrogens with two attached hydrogens (primary N) is 1. The third-order valence-electron chi connectivity index (χ3n) is 3.58. The lowest BCUT2D eigenvalue weighted by Crippen LogP contribution is -2.51. The highest BCUT2D eigenvalue weighted by Gasteiger charge is 2.35. The van der Waals surface area contributed by atoms with Crippen molar-refractivity contribution < 1.29 is 9.21 Å². The zero-order chi connectivity index (χ0) is 12.5. The van der Waals surface area contributed by atoms with Crippen LogP contribution in [0.15, 0.2) is 10.5 Å². The molecule has 0 atom stereocenters. The van der Waals surface area contributed by atoms with Gasteiger partial charge in [0.05, 0.1) is 5.54 Å². The molecule has 0 aromatic carbocycles. The van der Waals surface area contributed by atoms with Gasteiger partial charge < -0.3 is 15.5 Å². The Hall–Kier alpha value is -1.29. The Balaban J connectivity index is 2.13. The molecule has 0 saturated heterocycles. The number of amides is 1. The fourth-order valence-corrected chi connectivity index (χ4v) is 2.60. The monoisotopic (exact) mass is 236 g/mol. The lowest BCUT2D eigenvalue weighted by molar-refractivity contribution is 0.0872. The first-order chi connectivity index (χ1) is 8.06. The van der Waals surface area contributed by atoms with Crippen molar-refractivity contribution in [1.29, 1.82) is 0 Å². The van der Waals surface area contributed by atoms with Crippen LogP contribution in [0, 0.1) is 13.8 Å². The van der Waals surface area contributed by atoms with E-state index in [1.165, 1.54) is 0 Å². The van der Waals surface area contributed by atoms with Crippen LogP contribution in [-0.2, 0) is 0 Å². The number of hydrogen-bond acceptors (Lipinski definition) is 3. The van der Waals surface area contributed by atoms with Gasteiger partial charge in [-0.15, -0.1) is 0 Å². The maximum absolute atomic E-state index is 12.1. The third-order valence-corrected chi connectivity index (χ3v) is 3.58. The molecule has 1 saturated carbocycles. The van der Waals surface area contributed by atoms with Crippen molar-refractivity contribution in [1.82, 2.24) is 5.32 Å². The quantitative estimate of drug-likeness (QED) is 0.842. The molecule has 1 aromatic rings. The predicted octanol–water partition coefficient (Wildman–Crippen LogP) is 1.90. The molecule has 0 unspecified atom stereocenters. The molecule has 2 rings (SSSR count). The van der Waals surface area contributed by atoms with Gasteiger partial charge >= 0.3 is 0 Å². The van der Waals surface area contributed by atoms with Crippen molar-refractivity contribution in [3.63, 3.8) is 0 Å². The summed E-state index contributed by atoms with van der Waals surface area (Å²) >= 11 is 0. The molecule has 1 aliphatic carbocycles. The zero-order valence-electron chi connectivity index (χ0n) is 10.5. The summed E-state index contributed by atoms with van der Waals surface area (Å²) in [7, 11) is 0. The first-order valence-corrected chi connectivity index (χ1v) is 6.16. The van der Waals surface area contributed by atoms with E-state index in [-0.39, 0.29) is 11.4 Å². The van der Waals surface area contributed by atoms with Gasteiger partial charge in [-0.3, -0.25) is 4.79 Å². The lowest BCUT2D eigenvalue weighted by Gasteiger charge is -2.28. The van der Waals surface area contributed by atoms with Crippen LogP contribution in [0.5, 0.6) is 0 Å². The smallest absolute Gasteiger partial charge is 0.287 e. The van der Waals surface area contributed by atoms with Gasteiger partial charge in [-0.05, 0) is 32.8 Å². The van der Waals surface area contributed by atoms with E-state index < -0.39 is 0 Å². The van der Waals surface area contributed by atoms with Crippen LogP contribution in [0.3, 0.4) is 0 Å². The number of hydrogen-bond donors (Lipinski definition) is 2. The number of carbonyl (C=O) groups excluding carboxylic acids is 1. The third kappa shape index (κ3) is 2.36. The molecule has 0 aliphatic heterocycles. The zero-order valence-corrected chi connectivity index (χ0v) is 10.5. The number of rotatable bonds is 3. The molecule has 4 heteroatoms. The highest BCUT2D eigenvalue weighted by molar-refractivity contribution is 5.93. The minimum atomic E-state index is -0.218. The fraction of sp³-hybridized carbons (Fsp3) is 0.615. The Morgan fingerprint density at radius 2 is 2.12 bits per heavy atom. The summed E-state index contributed by atoms with van der Waals surface area (Å²) in [5.41, 5.74) is 6.45. The SMILES string of the molecule is Cc1cc(C)c(C(=O)NC2(CN)CCCC2)o1. The van der Waals surface area contributed by atoms with Crippen molar-refractivity contribution in [2.24, 2.45) is 5.73 Å². The van der Waals surface area contributed by atoms with Crippen LogP contribution in [0.1, 0.15) is 47.6 Å². The molecule has 4 nitrogen and oxygen atoms in total. The Morgan fingerprint density at radius 3 is 2.59 bits per heavy atom. The number of nitrogens with one attached hydrogen (secondary N) is 1. The summed E-state index contributed by atoms with van der Waals surface area (Å²) < 4.78 is 5.42. The molecule has 0 spiro atoms. The van der Waals surface area contributed by atoms with Gasteiger partial charge in [0.2, 0.25) is 0 Å². The van der Waals surface area contributed by atoms with Crippen molar-refractivity contribution in [3.05, 3.63) is 23.2 Å². The molecule has 0 bridgehead atoms. The molecular weight excluding hydrogens is 216 g/mol. The molecule has 1 heterocycles. The van der Waals surface area contributed by atoms with E-state index in [1.54, 1.807) is 0 Å². The highest BCUT2D eigenvalue weighted by Crippen LogP contribution is 2.29. The van der Waals surface area contributed by atoms with Crippen molar-refractivity contribution in [3.8, 4) is 0 Å². The Labute approximate surface area is 102 Å². The molecule has 1 aromatic heterocycles. The summed E-state index contributed by atoms with van der Waals surface area (Å²) in [6.07, 6.45) is 4.20. The van der Waals surface area contributed by atoms with E-state index in [0.717, 1.165) is 37.0 Å². The van der Waals surface area contributed by atoms with E-state index >= 15 is 0 Å². The second kappa shape index (κ2) is 4.53. The average molecular weight is 236 g/mol. The Kier molecular flexibility index (Phi) is 3.24. The summed E-state index contributed by atoms with van der Waals surface area (Å²) in [6.45, 7) is 4.23. The minimum absolute atomic E-state index is 0.136. The van der Waals surface area contributed by atoms with Gasteiger partial charge in [0, 0.05) is 12.1 Å². The molecule has 0 radical (unpaired) electrons. The van der Waals surface area contributed by atoms with Crippen molar-refractivity contribution in [2.45, 2.75) is 45.1 Å². The van der Waals surface area contributed by atoms with E-state index in [2.05, 4.69) is 5.32 Å². The number of carbonyl (C=O) groups is 1. The molecule has 1 aliphatic rings. The van der Waals surface area contributed by atoms with E-state index in [0.29, 0.717) is 12.3 Å². The largest absolute Gasteiger partial charge is 0.456 e. The molecule has 17 heavy (non-hydrogen) atoms. The van der Waals surface area contributed by atoms with E-state index in [9.17, 15) is 4.79 Å². The summed E-state index contributed by atoms with van der Waals surface area (Å²) in [4.78, 5) is 12.1. The average Bonchev–Trinajstić information content (AvgIpc) is 2.86. The van der Waals surface area contributed by atoms with Crippen LogP contribution in [0.4, 0.5) is 0 Å². The van der Waals surface area contributed by atoms with Gasteiger partial charge in [-0.1, -0.05) is 12.8 Å². The first kappa shape index (κ1) is 12.2. The first-order valence-electron chi connectivity index (χ1n) is 6.16. The van der Waals surface area contributed by atoms with E-state index in [1.807, 2.05) is 19.9 Å². The molecule has 1 amide bonds. The summed E-state index contributed by atoms with van der Waals surface area (Å²) in [5.74, 6) is 1.05. The van der Waals surface area contributed by atoms with Crippen molar-refractivity contribution >= 4 is 5.91 Å². The maximum Gasteiger partial charge on any atom is 0.287 e. The molecule has 94 valence electrons. The molecular formula is C13H20N2O2. The van der Waals surface area contributed by atoms with Gasteiger partial charge in [0.15, 0.2) is 5.76 Å². The van der Waals surface area contributed by atoms with Crippen LogP contribution >= 0.6 is 0 Å². The van der Waals surface area contributed by atoms with Gasteiger partial charge in [0.25, 0.3) is 5.91 Å². The van der Waals surface area contributed by atoms with Crippen LogP contribution < -0.4 is 11.1 Å². The van der Waals surface area contributed by atoms with E-state index in [4.69, 9.17) is 10.2 Å². The predicted molar refractivity (Wildman–Crippen MR) is 65.9 cm³/mol. The van der Waals surface area contributed by atoms with Gasteiger partial charge in [-0.25, -0.2) is 0 Å². The second-order valence-electron chi connectivity index (χ2n) is 5.01. The van der Waals surface area contributed by atoms with Gasteiger partial charge in [-0.2, -0.15) is 0 Å².